The quantitative estimate of drug-likeness (QED) is 0.895. The molecule has 0 spiro atoms. The number of aromatic nitrogens is 1. The van der Waals surface area contributed by atoms with Crippen LogP contribution in [0.15, 0.2) is 22.9 Å². The topological polar surface area (TPSA) is 53.4 Å². The lowest BCUT2D eigenvalue weighted by Crippen LogP contribution is -2.21. The van der Waals surface area contributed by atoms with Crippen LogP contribution in [0.3, 0.4) is 0 Å². The summed E-state index contributed by atoms with van der Waals surface area (Å²) in [5.41, 5.74) is 0.946. The molecule has 0 radical (unpaired) electrons. The number of carbonyl (C=O) groups is 1. The van der Waals surface area contributed by atoms with Gasteiger partial charge in [0.25, 0.3) is 0 Å². The largest absolute Gasteiger partial charge is 0.481 e. The van der Waals surface area contributed by atoms with Crippen molar-refractivity contribution < 1.29 is 9.90 Å². The predicted octanol–water partition coefficient (Wildman–Crippen LogP) is 1.76. The number of carboxylic acids is 1. The smallest absolute Gasteiger partial charge is 0.305 e. The van der Waals surface area contributed by atoms with Crippen molar-refractivity contribution in [2.45, 2.75) is 6.42 Å². The molecule has 0 saturated heterocycles. The Bertz CT molecular complexity index is 330. The van der Waals surface area contributed by atoms with E-state index in [0.717, 1.165) is 10.2 Å². The van der Waals surface area contributed by atoms with E-state index in [1.165, 1.54) is 0 Å². The summed E-state index contributed by atoms with van der Waals surface area (Å²) in [5, 5.41) is 8.53. The normalized spacial score (nSPS) is 9.86. The SMILES string of the molecule is CN(CCC(=O)O)c1ccncc1Br. The number of rotatable bonds is 4. The van der Waals surface area contributed by atoms with Gasteiger partial charge in [-0.1, -0.05) is 0 Å². The highest BCUT2D eigenvalue weighted by Crippen LogP contribution is 2.23. The minimum atomic E-state index is -0.790. The van der Waals surface area contributed by atoms with Gasteiger partial charge in [0.1, 0.15) is 0 Å². The van der Waals surface area contributed by atoms with Gasteiger partial charge in [-0.3, -0.25) is 9.78 Å². The Morgan fingerprint density at radius 3 is 3.00 bits per heavy atom. The van der Waals surface area contributed by atoms with Gasteiger partial charge in [0.05, 0.1) is 16.6 Å². The molecule has 0 amide bonds. The monoisotopic (exact) mass is 258 g/mol. The molecule has 0 unspecified atom stereocenters. The molecule has 0 saturated carbocycles. The van der Waals surface area contributed by atoms with Crippen LogP contribution in [0.4, 0.5) is 5.69 Å². The molecule has 0 aliphatic carbocycles. The van der Waals surface area contributed by atoms with E-state index < -0.39 is 5.97 Å². The number of pyridine rings is 1. The average molecular weight is 259 g/mol. The molecule has 0 bridgehead atoms. The van der Waals surface area contributed by atoms with Crippen molar-refractivity contribution in [3.8, 4) is 0 Å². The fraction of sp³-hybridized carbons (Fsp3) is 0.333. The Balaban J connectivity index is 2.65. The summed E-state index contributed by atoms with van der Waals surface area (Å²) >= 11 is 3.35. The zero-order valence-electron chi connectivity index (χ0n) is 7.77. The molecule has 0 aliphatic heterocycles. The van der Waals surface area contributed by atoms with Gasteiger partial charge in [0.2, 0.25) is 0 Å². The van der Waals surface area contributed by atoms with Crippen LogP contribution >= 0.6 is 15.9 Å². The molecule has 1 aromatic heterocycles. The predicted molar refractivity (Wildman–Crippen MR) is 57.5 cm³/mol. The second-order valence-corrected chi connectivity index (χ2v) is 3.75. The molecule has 1 heterocycles. The van der Waals surface area contributed by atoms with Crippen LogP contribution in [0.5, 0.6) is 0 Å². The first-order valence-corrected chi connectivity index (χ1v) is 4.93. The Morgan fingerprint density at radius 1 is 1.71 bits per heavy atom. The maximum absolute atomic E-state index is 10.4. The van der Waals surface area contributed by atoms with E-state index in [2.05, 4.69) is 20.9 Å². The van der Waals surface area contributed by atoms with Crippen LogP contribution in [0.1, 0.15) is 6.42 Å². The van der Waals surface area contributed by atoms with E-state index in [4.69, 9.17) is 5.11 Å². The lowest BCUT2D eigenvalue weighted by molar-refractivity contribution is -0.136. The van der Waals surface area contributed by atoms with Gasteiger partial charge in [-0.05, 0) is 22.0 Å². The molecular weight excluding hydrogens is 248 g/mol. The maximum Gasteiger partial charge on any atom is 0.305 e. The highest BCUT2D eigenvalue weighted by atomic mass is 79.9. The van der Waals surface area contributed by atoms with Crippen LogP contribution in [-0.4, -0.2) is 29.7 Å². The van der Waals surface area contributed by atoms with E-state index in [-0.39, 0.29) is 6.42 Å². The summed E-state index contributed by atoms with van der Waals surface area (Å²) in [6.45, 7) is 0.484. The highest BCUT2D eigenvalue weighted by Gasteiger charge is 2.06. The van der Waals surface area contributed by atoms with Crippen molar-refractivity contribution in [2.75, 3.05) is 18.5 Å². The Labute approximate surface area is 90.7 Å². The molecular formula is C9H11BrN2O2. The Morgan fingerprint density at radius 2 is 2.43 bits per heavy atom. The number of hydrogen-bond donors (Lipinski definition) is 1. The molecule has 5 heteroatoms. The molecule has 1 aromatic rings. The Kier molecular flexibility index (Phi) is 3.88. The third-order valence-corrected chi connectivity index (χ3v) is 2.43. The van der Waals surface area contributed by atoms with Crippen LogP contribution in [0.25, 0.3) is 0 Å². The summed E-state index contributed by atoms with van der Waals surface area (Å²) in [5.74, 6) is -0.790. The summed E-state index contributed by atoms with van der Waals surface area (Å²) < 4.78 is 0.868. The van der Waals surface area contributed by atoms with Crippen LogP contribution in [0.2, 0.25) is 0 Å². The summed E-state index contributed by atoms with van der Waals surface area (Å²) in [7, 11) is 1.85. The molecule has 0 atom stereocenters. The van der Waals surface area contributed by atoms with Gasteiger partial charge >= 0.3 is 5.97 Å². The van der Waals surface area contributed by atoms with Gasteiger partial charge in [0, 0.05) is 26.0 Å². The molecule has 0 aromatic carbocycles. The molecule has 0 fully saturated rings. The van der Waals surface area contributed by atoms with Crippen molar-refractivity contribution >= 4 is 27.6 Å². The first kappa shape index (κ1) is 11.0. The van der Waals surface area contributed by atoms with Crippen molar-refractivity contribution in [3.05, 3.63) is 22.9 Å². The number of carboxylic acid groups (broad SMARTS) is 1. The van der Waals surface area contributed by atoms with Gasteiger partial charge < -0.3 is 10.0 Å². The van der Waals surface area contributed by atoms with Gasteiger partial charge in [-0.15, -0.1) is 0 Å². The van der Waals surface area contributed by atoms with Crippen molar-refractivity contribution in [2.24, 2.45) is 0 Å². The second kappa shape index (κ2) is 4.95. The second-order valence-electron chi connectivity index (χ2n) is 2.89. The molecule has 76 valence electrons. The zero-order chi connectivity index (χ0) is 10.6. The first-order chi connectivity index (χ1) is 6.61. The third-order valence-electron chi connectivity index (χ3n) is 1.82. The van der Waals surface area contributed by atoms with Gasteiger partial charge in [-0.2, -0.15) is 0 Å². The van der Waals surface area contributed by atoms with Crippen LogP contribution < -0.4 is 4.90 Å². The first-order valence-electron chi connectivity index (χ1n) is 4.13. The lowest BCUT2D eigenvalue weighted by Gasteiger charge is -2.19. The van der Waals surface area contributed by atoms with Crippen molar-refractivity contribution in [1.29, 1.82) is 0 Å². The molecule has 1 rings (SSSR count). The van der Waals surface area contributed by atoms with E-state index in [1.54, 1.807) is 12.4 Å². The highest BCUT2D eigenvalue weighted by molar-refractivity contribution is 9.10. The summed E-state index contributed by atoms with van der Waals surface area (Å²) in [4.78, 5) is 16.2. The van der Waals surface area contributed by atoms with Crippen molar-refractivity contribution in [3.63, 3.8) is 0 Å². The summed E-state index contributed by atoms with van der Waals surface area (Å²) in [6.07, 6.45) is 3.50. The fourth-order valence-corrected chi connectivity index (χ4v) is 1.61. The van der Waals surface area contributed by atoms with Crippen LogP contribution in [-0.2, 0) is 4.79 Å². The van der Waals surface area contributed by atoms with E-state index in [0.29, 0.717) is 6.54 Å². The average Bonchev–Trinajstić information content (AvgIpc) is 2.15. The van der Waals surface area contributed by atoms with E-state index >= 15 is 0 Å². The number of anilines is 1. The number of aliphatic carboxylic acids is 1. The Hall–Kier alpha value is -1.10. The minimum Gasteiger partial charge on any atom is -0.481 e. The van der Waals surface area contributed by atoms with E-state index in [1.807, 2.05) is 18.0 Å². The minimum absolute atomic E-state index is 0.130. The fourth-order valence-electron chi connectivity index (χ4n) is 1.06. The molecule has 0 aliphatic rings. The maximum atomic E-state index is 10.4. The number of hydrogen-bond acceptors (Lipinski definition) is 3. The van der Waals surface area contributed by atoms with E-state index in [9.17, 15) is 4.79 Å². The standard InChI is InChI=1S/C9H11BrN2O2/c1-12(5-3-9(13)14)8-2-4-11-6-7(8)10/h2,4,6H,3,5H2,1H3,(H,13,14). The van der Waals surface area contributed by atoms with Gasteiger partial charge in [0.15, 0.2) is 0 Å². The van der Waals surface area contributed by atoms with Crippen LogP contribution in [0, 0.1) is 0 Å². The van der Waals surface area contributed by atoms with Gasteiger partial charge in [-0.25, -0.2) is 0 Å². The number of nitrogens with zero attached hydrogens (tertiary/aromatic N) is 2. The lowest BCUT2D eigenvalue weighted by atomic mass is 10.3. The molecule has 1 N–H and O–H groups in total. The molecule has 14 heavy (non-hydrogen) atoms. The van der Waals surface area contributed by atoms with Crippen molar-refractivity contribution in [1.82, 2.24) is 4.98 Å². The summed E-state index contributed by atoms with van der Waals surface area (Å²) in [6, 6.07) is 1.84. The zero-order valence-corrected chi connectivity index (χ0v) is 9.36. The third kappa shape index (κ3) is 2.99. The number of halogens is 1. The molecule has 4 nitrogen and oxygen atoms in total.